The van der Waals surface area contributed by atoms with Gasteiger partial charge >= 0.3 is 5.97 Å². The molecule has 10 amide bonds. The Morgan fingerprint density at radius 1 is 0.580 bits per heavy atom. The maximum atomic E-state index is 14.9. The molecular weight excluding hydrogens is 1140 g/mol. The lowest BCUT2D eigenvalue weighted by atomic mass is 9.97. The van der Waals surface area contributed by atoms with Gasteiger partial charge in [-0.2, -0.15) is 0 Å². The van der Waals surface area contributed by atoms with Crippen molar-refractivity contribution in [1.82, 2.24) is 47.4 Å². The van der Waals surface area contributed by atoms with E-state index in [9.17, 15) is 57.8 Å². The monoisotopic (exact) mass is 1240 g/mol. The highest BCUT2D eigenvalue weighted by molar-refractivity contribution is 5.99. The van der Waals surface area contributed by atoms with Gasteiger partial charge in [0.25, 0.3) is 0 Å². The predicted molar refractivity (Wildman–Crippen MR) is 332 cm³/mol. The molecule has 0 aromatic heterocycles. The zero-order valence-electron chi connectivity index (χ0n) is 52.6. The Morgan fingerprint density at radius 2 is 1.07 bits per heavy atom. The average Bonchev–Trinajstić information content (AvgIpc) is 2.52. The summed E-state index contributed by atoms with van der Waals surface area (Å²) in [6.07, 6.45) is 4.40. The lowest BCUT2D eigenvalue weighted by Gasteiger charge is -2.32. The number of nitrogens with one attached hydrogen (secondary N) is 8. The molecule has 29 heteroatoms. The number of hydrogen-bond donors (Lipinski definition) is 15. The van der Waals surface area contributed by atoms with Crippen molar-refractivity contribution < 1.29 is 57.8 Å². The molecule has 29 nitrogen and oxygen atoms in total. The van der Waals surface area contributed by atoms with Crippen molar-refractivity contribution in [3.05, 3.63) is 35.9 Å². The number of aliphatic carboxylic acids is 1. The van der Waals surface area contributed by atoms with E-state index in [-0.39, 0.29) is 107 Å². The van der Waals surface area contributed by atoms with Crippen molar-refractivity contribution in [2.75, 3.05) is 19.6 Å². The van der Waals surface area contributed by atoms with E-state index in [0.29, 0.717) is 18.4 Å². The first-order valence-corrected chi connectivity index (χ1v) is 30.6. The highest BCUT2D eigenvalue weighted by Gasteiger charge is 2.43. The Hall–Kier alpha value is -8.11. The van der Waals surface area contributed by atoms with Crippen LogP contribution in [0.2, 0.25) is 0 Å². The highest BCUT2D eigenvalue weighted by Crippen LogP contribution is 2.22. The summed E-state index contributed by atoms with van der Waals surface area (Å²) in [5.41, 5.74) is 34.8. The topological polar surface area (TPSA) is 488 Å². The minimum atomic E-state index is -1.81. The number of nitrogens with two attached hydrogens (primary N) is 6. The van der Waals surface area contributed by atoms with Crippen LogP contribution in [0.4, 0.5) is 0 Å². The maximum absolute atomic E-state index is 14.9. The third-order valence-electron chi connectivity index (χ3n) is 14.8. The molecule has 1 saturated heterocycles. The molecule has 1 aliphatic rings. The second kappa shape index (κ2) is 39.6. The van der Waals surface area contributed by atoms with Gasteiger partial charge in [-0.05, 0) is 81.6 Å². The first-order chi connectivity index (χ1) is 41.5. The quantitative estimate of drug-likeness (QED) is 0.0204. The van der Waals surface area contributed by atoms with E-state index in [1.165, 1.54) is 11.8 Å². The Balaban J connectivity index is 2.48. The molecule has 88 heavy (non-hydrogen) atoms. The molecule has 1 aromatic rings. The Kier molecular flexibility index (Phi) is 34.2. The summed E-state index contributed by atoms with van der Waals surface area (Å²) in [4.78, 5) is 160. The number of amides is 10. The van der Waals surface area contributed by atoms with Gasteiger partial charge in [0.2, 0.25) is 59.1 Å². The molecule has 0 radical (unpaired) electrons. The number of hydrogen-bond acceptors (Lipinski definition) is 14. The summed E-state index contributed by atoms with van der Waals surface area (Å²) in [7, 11) is 0. The fourth-order valence-corrected chi connectivity index (χ4v) is 9.85. The number of nitrogens with zero attached hydrogens (tertiary/aromatic N) is 3. The van der Waals surface area contributed by atoms with E-state index in [0.717, 1.165) is 25.7 Å². The predicted octanol–water partition coefficient (Wildman–Crippen LogP) is -1.38. The van der Waals surface area contributed by atoms with Gasteiger partial charge in [-0.1, -0.05) is 111 Å². The number of carbonyl (C=O) groups is 11. The molecule has 1 fully saturated rings. The van der Waals surface area contributed by atoms with Crippen LogP contribution in [0.3, 0.4) is 0 Å². The fraction of sp³-hybridized carbons (Fsp3) is 0.678. The minimum absolute atomic E-state index is 0.00603. The van der Waals surface area contributed by atoms with Crippen molar-refractivity contribution in [3.63, 3.8) is 0 Å². The summed E-state index contributed by atoms with van der Waals surface area (Å²) in [6.45, 7) is 14.1. The van der Waals surface area contributed by atoms with Crippen molar-refractivity contribution in [2.24, 2.45) is 62.1 Å². The van der Waals surface area contributed by atoms with Gasteiger partial charge in [0.05, 0.1) is 6.42 Å². The van der Waals surface area contributed by atoms with Crippen LogP contribution in [0, 0.1) is 17.8 Å². The summed E-state index contributed by atoms with van der Waals surface area (Å²) in [6, 6.07) is -3.90. The van der Waals surface area contributed by atoms with Crippen molar-refractivity contribution >= 4 is 77.0 Å². The summed E-state index contributed by atoms with van der Waals surface area (Å²) in [5, 5.41) is 31.1. The number of carboxylic acids is 1. The third-order valence-corrected chi connectivity index (χ3v) is 14.8. The van der Waals surface area contributed by atoms with Crippen molar-refractivity contribution in [1.29, 1.82) is 0 Å². The molecule has 1 heterocycles. The molecule has 0 spiro atoms. The van der Waals surface area contributed by atoms with Crippen LogP contribution in [0.25, 0.3) is 0 Å². The molecular formula is C59H101N17O12. The van der Waals surface area contributed by atoms with E-state index in [1.807, 2.05) is 0 Å². The molecule has 11 atom stereocenters. The number of unbranched alkanes of at least 4 members (excludes halogenated alkanes) is 4. The number of likely N-dealkylation sites (tertiary alicyclic amines) is 1. The lowest BCUT2D eigenvalue weighted by molar-refractivity contribution is -0.143. The smallest absolute Gasteiger partial charge is 0.305 e. The van der Waals surface area contributed by atoms with Crippen molar-refractivity contribution in [3.8, 4) is 0 Å². The Bertz CT molecular complexity index is 2530. The van der Waals surface area contributed by atoms with Gasteiger partial charge in [-0.25, -0.2) is 0 Å². The second-order valence-corrected chi connectivity index (χ2v) is 23.5. The van der Waals surface area contributed by atoms with Crippen LogP contribution in [-0.4, -0.2) is 167 Å². The van der Waals surface area contributed by atoms with Gasteiger partial charge in [-0.15, -0.1) is 0 Å². The Morgan fingerprint density at radius 3 is 1.59 bits per heavy atom. The van der Waals surface area contributed by atoms with E-state index < -0.39 is 132 Å². The number of carboxylic acid groups (broad SMARTS) is 1. The maximum Gasteiger partial charge on any atom is 0.305 e. The summed E-state index contributed by atoms with van der Waals surface area (Å²) in [5.74, 6) is -10.6. The zero-order valence-corrected chi connectivity index (χ0v) is 52.6. The number of primary amides is 1. The van der Waals surface area contributed by atoms with E-state index in [2.05, 4.69) is 59.4 Å². The normalized spacial score (nSPS) is 16.8. The number of carbonyl (C=O) groups excluding carboxylic acids is 10. The number of rotatable bonds is 41. The molecule has 1 aromatic carbocycles. The zero-order chi connectivity index (χ0) is 66.2. The third kappa shape index (κ3) is 28.6. The van der Waals surface area contributed by atoms with Crippen LogP contribution in [0.1, 0.15) is 157 Å². The van der Waals surface area contributed by atoms with Crippen LogP contribution in [0.15, 0.2) is 40.3 Å². The van der Waals surface area contributed by atoms with Gasteiger partial charge < -0.3 is 86.9 Å². The molecule has 2 rings (SSSR count). The minimum Gasteiger partial charge on any atom is -0.481 e. The Labute approximate surface area is 516 Å². The fourth-order valence-electron chi connectivity index (χ4n) is 9.85. The number of aliphatic imine (C=N–C) groups is 2. The van der Waals surface area contributed by atoms with Gasteiger partial charge in [0.15, 0.2) is 11.9 Å². The van der Waals surface area contributed by atoms with Crippen LogP contribution in [-0.2, 0) is 59.2 Å². The van der Waals surface area contributed by atoms with Gasteiger partial charge in [0.1, 0.15) is 54.4 Å². The highest BCUT2D eigenvalue weighted by atomic mass is 16.4. The molecule has 1 aliphatic heterocycles. The molecule has 0 saturated carbocycles. The van der Waals surface area contributed by atoms with Crippen LogP contribution >= 0.6 is 0 Å². The number of guanidine groups is 2. The van der Waals surface area contributed by atoms with E-state index in [1.54, 1.807) is 71.9 Å². The number of benzene rings is 1. The van der Waals surface area contributed by atoms with Crippen molar-refractivity contribution in [2.45, 2.75) is 219 Å². The SMILES string of the molecule is CCCCCCCC(=O)N[C@@H](C)C(=O)N[C@@H](Cc1ccccc1)C(=O)N[C@@H](CCCN=C(N)N)C(=O)N[C@@H](CC(C)C)C(=O)N1C[C@H](N)C[C@H]1C(=O)N[C@@H](CC(C)C)C(=O)N[C@@H](CC(=O)O)C(=O)N[C@@H](CCCN=C(N)N)C(=O)N[C@H](C(N)=O)[C@@H](C)CC. The lowest BCUT2D eigenvalue weighted by Crippen LogP contribution is -2.60. The molecule has 0 bridgehead atoms. The van der Waals surface area contributed by atoms with E-state index >= 15 is 0 Å². The molecule has 0 unspecified atom stereocenters. The molecule has 0 aliphatic carbocycles. The largest absolute Gasteiger partial charge is 0.481 e. The summed E-state index contributed by atoms with van der Waals surface area (Å²) >= 11 is 0. The van der Waals surface area contributed by atoms with Crippen LogP contribution < -0.4 is 76.9 Å². The first kappa shape index (κ1) is 76.0. The average molecular weight is 1240 g/mol. The second-order valence-electron chi connectivity index (χ2n) is 23.5. The van der Waals surface area contributed by atoms with E-state index in [4.69, 9.17) is 34.4 Å². The molecule has 21 N–H and O–H groups in total. The molecule has 494 valence electrons. The first-order valence-electron chi connectivity index (χ1n) is 30.6. The summed E-state index contributed by atoms with van der Waals surface area (Å²) < 4.78 is 0. The van der Waals surface area contributed by atoms with Gasteiger partial charge in [0, 0.05) is 38.5 Å². The van der Waals surface area contributed by atoms with Crippen LogP contribution in [0.5, 0.6) is 0 Å². The van der Waals surface area contributed by atoms with Gasteiger partial charge in [-0.3, -0.25) is 62.7 Å². The standard InChI is InChI=1S/C59H101N17O12/c1-9-11-12-13-17-24-46(77)68-36(8)50(81)71-42(29-37-20-15-14-16-21-37)54(85)69-39(22-18-25-66-58(62)63)51(82)74-44(28-34(5)6)57(88)76-32-38(60)30-45(76)56(87)73-41(27-33(3)4)53(84)72-43(31-47(78)79)55(86)70-40(23-19-26-67-59(64)65)52(83)75-48(49(61)80)35(7)10-2/h14-16,20-21,33-36,38-45,48H,9-13,17-19,22-32,60H2,1-8H3,(H2,61,80)(H,68,77)(H,69,85)(H,70,86)(H,71,81)(H,72,84)(H,73,87)(H,74,82)(H,75,83)(H,78,79)(H4,62,63,66)(H4,64,65,67)/t35-,36-,38+,39-,40-,41-,42-,43-,44-,45-,48-/m0/s1.